The fraction of sp³-hybridized carbons (Fsp3) is 0.300. The molecule has 0 saturated heterocycles. The van der Waals surface area contributed by atoms with Crippen molar-refractivity contribution in [3.63, 3.8) is 0 Å². The Morgan fingerprint density at radius 3 is 1.75 bits per heavy atom. The van der Waals surface area contributed by atoms with Gasteiger partial charge in [-0.2, -0.15) is 4.98 Å². The van der Waals surface area contributed by atoms with E-state index in [2.05, 4.69) is 35.6 Å². The van der Waals surface area contributed by atoms with Gasteiger partial charge >= 0.3 is 0 Å². The molecule has 57 heavy (non-hydrogen) atoms. The van der Waals surface area contributed by atoms with Crippen LogP contribution in [0.25, 0.3) is 5.82 Å². The maximum absolute atomic E-state index is 14.8. The van der Waals surface area contributed by atoms with Gasteiger partial charge in [-0.15, -0.1) is 0 Å². The smallest absolute Gasteiger partial charge is 0.226 e. The molecule has 17 heteroatoms. The fourth-order valence-electron chi connectivity index (χ4n) is 7.37. The van der Waals surface area contributed by atoms with E-state index in [0.29, 0.717) is 47.7 Å². The number of fused-ring (bicyclic) bond motifs is 2. The maximum Gasteiger partial charge on any atom is 0.226 e. The number of hydrogen-bond acceptors (Lipinski definition) is 10. The largest absolute Gasteiger partial charge is 0.373 e. The van der Waals surface area contributed by atoms with Crippen molar-refractivity contribution in [2.24, 2.45) is 0 Å². The number of pyridine rings is 1. The number of benzene rings is 2. The first-order valence-electron chi connectivity index (χ1n) is 18.0. The van der Waals surface area contributed by atoms with E-state index in [4.69, 9.17) is 16.6 Å². The normalized spacial score (nSPS) is 14.9. The van der Waals surface area contributed by atoms with Crippen molar-refractivity contribution in [1.29, 1.82) is 0 Å². The maximum atomic E-state index is 14.8. The first-order chi connectivity index (χ1) is 27.0. The van der Waals surface area contributed by atoms with E-state index in [9.17, 15) is 22.0 Å². The Morgan fingerprint density at radius 1 is 0.702 bits per heavy atom. The zero-order valence-corrected chi connectivity index (χ0v) is 32.9. The zero-order valence-electron chi connectivity index (χ0n) is 32.2. The number of aromatic nitrogens is 7. The minimum Gasteiger partial charge on any atom is -0.373 e. The summed E-state index contributed by atoms with van der Waals surface area (Å²) in [5.41, 5.74) is 2.46. The number of hydrogen-bond donors (Lipinski definition) is 2. The monoisotopic (exact) mass is 803 g/mol. The van der Waals surface area contributed by atoms with Crippen LogP contribution in [0.3, 0.4) is 0 Å². The van der Waals surface area contributed by atoms with Crippen molar-refractivity contribution in [1.82, 2.24) is 34.5 Å². The lowest BCUT2D eigenvalue weighted by atomic mass is 9.88. The number of nitrogens with zero attached hydrogens (tertiary/aromatic N) is 9. The van der Waals surface area contributed by atoms with Crippen molar-refractivity contribution < 1.29 is 22.0 Å². The van der Waals surface area contributed by atoms with Gasteiger partial charge in [-0.25, -0.2) is 46.9 Å². The van der Waals surface area contributed by atoms with Crippen LogP contribution in [0.1, 0.15) is 55.9 Å². The minimum absolute atomic E-state index is 0.0580. The molecule has 0 fully saturated rings. The molecule has 11 nitrogen and oxygen atoms in total. The van der Waals surface area contributed by atoms with E-state index < -0.39 is 34.5 Å². The summed E-state index contributed by atoms with van der Waals surface area (Å²) in [6.45, 7) is 10.7. The van der Waals surface area contributed by atoms with Crippen LogP contribution in [0.5, 0.6) is 0 Å². The van der Waals surface area contributed by atoms with Gasteiger partial charge < -0.3 is 20.4 Å². The van der Waals surface area contributed by atoms with Gasteiger partial charge in [0, 0.05) is 68.0 Å². The van der Waals surface area contributed by atoms with Crippen molar-refractivity contribution in [2.45, 2.75) is 51.9 Å². The molecular formula is C40H39ClF5N11. The molecule has 296 valence electrons. The number of halogens is 6. The van der Waals surface area contributed by atoms with Gasteiger partial charge in [-0.05, 0) is 54.4 Å². The molecule has 2 aliphatic rings. The fourth-order valence-corrected chi connectivity index (χ4v) is 7.53. The Bertz CT molecular complexity index is 2510. The molecule has 0 aliphatic carbocycles. The number of imidazole rings is 1. The van der Waals surface area contributed by atoms with Crippen LogP contribution < -0.4 is 20.4 Å². The van der Waals surface area contributed by atoms with Gasteiger partial charge in [0.05, 0.1) is 17.1 Å². The van der Waals surface area contributed by atoms with Gasteiger partial charge in [0.1, 0.15) is 35.4 Å². The van der Waals surface area contributed by atoms with Crippen LogP contribution in [0.15, 0.2) is 61.2 Å². The molecule has 6 heterocycles. The van der Waals surface area contributed by atoms with E-state index in [-0.39, 0.29) is 34.3 Å². The third-order valence-electron chi connectivity index (χ3n) is 9.89. The van der Waals surface area contributed by atoms with E-state index in [1.807, 2.05) is 34.6 Å². The number of rotatable bonds is 7. The summed E-state index contributed by atoms with van der Waals surface area (Å²) >= 11 is 5.97. The Hall–Kier alpha value is -5.90. The van der Waals surface area contributed by atoms with Crippen LogP contribution in [0.4, 0.5) is 56.6 Å². The van der Waals surface area contributed by atoms with Crippen molar-refractivity contribution in [3.05, 3.63) is 124 Å². The first-order valence-corrected chi connectivity index (χ1v) is 18.3. The van der Waals surface area contributed by atoms with Gasteiger partial charge in [0.15, 0.2) is 34.9 Å². The average molecular weight is 804 g/mol. The van der Waals surface area contributed by atoms with E-state index in [0.717, 1.165) is 29.0 Å². The predicted octanol–water partition coefficient (Wildman–Crippen LogP) is 8.72. The number of anilines is 6. The van der Waals surface area contributed by atoms with Gasteiger partial charge in [-0.1, -0.05) is 39.8 Å². The lowest BCUT2D eigenvalue weighted by Crippen LogP contribution is -2.26. The van der Waals surface area contributed by atoms with Crippen LogP contribution in [-0.4, -0.2) is 61.7 Å². The zero-order chi connectivity index (χ0) is 41.0. The molecule has 2 aliphatic heterocycles. The molecular weight excluding hydrogens is 765 g/mol. The highest BCUT2D eigenvalue weighted by Crippen LogP contribution is 2.48. The summed E-state index contributed by atoms with van der Waals surface area (Å²) in [4.78, 5) is 29.5. The predicted molar refractivity (Wildman–Crippen MR) is 210 cm³/mol. The second kappa shape index (κ2) is 14.9. The van der Waals surface area contributed by atoms with Crippen LogP contribution in [0, 0.1) is 36.0 Å². The van der Waals surface area contributed by atoms with Crippen LogP contribution in [0.2, 0.25) is 5.28 Å². The summed E-state index contributed by atoms with van der Waals surface area (Å²) < 4.78 is 72.8. The highest BCUT2D eigenvalue weighted by molar-refractivity contribution is 6.28. The SMILES string of the molecule is CNc1nc(Cc2cnc(-n3cnc(C)c3)c(F)c2)nc2c1C(C)(C)CN2c1cccc(F)c1F.CNc1nc(Cl)nc2c1C(C)(C)CN2c1cccc(F)c1F. The number of nitrogens with one attached hydrogen (secondary N) is 2. The molecule has 0 atom stereocenters. The van der Waals surface area contributed by atoms with E-state index >= 15 is 0 Å². The Kier molecular flexibility index (Phi) is 10.3. The molecule has 4 aromatic heterocycles. The lowest BCUT2D eigenvalue weighted by molar-refractivity contribution is 0.505. The molecule has 0 amide bonds. The van der Waals surface area contributed by atoms with E-state index in [1.165, 1.54) is 41.2 Å². The van der Waals surface area contributed by atoms with Crippen LogP contribution in [-0.2, 0) is 17.3 Å². The van der Waals surface area contributed by atoms with Crippen LogP contribution >= 0.6 is 11.6 Å². The molecule has 2 aromatic carbocycles. The standard InChI is InChI=1S/C25H24F3N7.C15H15ClF2N4/c1-14-11-34(13-31-14)23-17(27)8-15(10-30-23)9-19-32-22(29-4)20-24(33-19)35(12-25(20,2)3)18-7-5-6-16(26)21(18)28;1-15(2)7-22(9-6-4-5-8(17)11(9)18)13-10(15)12(19-3)20-14(16)21-13/h5-8,10-11,13H,9,12H2,1-4H3,(H,29,32,33);4-6H,7H2,1-3H3,(H,19,20,21). The van der Waals surface area contributed by atoms with Crippen molar-refractivity contribution >= 4 is 46.2 Å². The third-order valence-corrected chi connectivity index (χ3v) is 10.1. The molecule has 0 bridgehead atoms. The molecule has 0 radical (unpaired) electrons. The molecule has 2 N–H and O–H groups in total. The molecule has 0 unspecified atom stereocenters. The second-order valence-corrected chi connectivity index (χ2v) is 15.4. The summed E-state index contributed by atoms with van der Waals surface area (Å²) in [6.07, 6.45) is 4.97. The minimum atomic E-state index is -0.932. The first kappa shape index (κ1) is 39.3. The van der Waals surface area contributed by atoms with Gasteiger partial charge in [0.25, 0.3) is 0 Å². The Labute approximate surface area is 331 Å². The molecule has 0 saturated carbocycles. The van der Waals surface area contributed by atoms with Gasteiger partial charge in [-0.3, -0.25) is 4.57 Å². The lowest BCUT2D eigenvalue weighted by Gasteiger charge is -2.22. The highest BCUT2D eigenvalue weighted by atomic mass is 35.5. The molecule has 8 rings (SSSR count). The second-order valence-electron chi connectivity index (χ2n) is 15.1. The van der Waals surface area contributed by atoms with Crippen molar-refractivity contribution in [2.75, 3.05) is 47.6 Å². The topological polar surface area (TPSA) is 113 Å². The highest BCUT2D eigenvalue weighted by Gasteiger charge is 2.42. The Balaban J connectivity index is 0.000000194. The summed E-state index contributed by atoms with van der Waals surface area (Å²) in [5, 5.41) is 6.16. The average Bonchev–Trinajstić information content (AvgIpc) is 3.80. The summed E-state index contributed by atoms with van der Waals surface area (Å²) in [7, 11) is 3.48. The number of aryl methyl sites for hydroxylation is 1. The summed E-state index contributed by atoms with van der Waals surface area (Å²) in [5.74, 6) is -1.41. The molecule has 0 spiro atoms. The third kappa shape index (κ3) is 7.29. The summed E-state index contributed by atoms with van der Waals surface area (Å²) in [6, 6.07) is 9.56. The molecule has 6 aromatic rings. The van der Waals surface area contributed by atoms with E-state index in [1.54, 1.807) is 36.3 Å². The Morgan fingerprint density at radius 2 is 1.25 bits per heavy atom. The quantitative estimate of drug-likeness (QED) is 0.120. The van der Waals surface area contributed by atoms with Gasteiger partial charge in [0.2, 0.25) is 5.28 Å². The van der Waals surface area contributed by atoms with Crippen molar-refractivity contribution in [3.8, 4) is 5.82 Å².